The number of methoxy groups -OCH3 is 1. The van der Waals surface area contributed by atoms with Crippen LogP contribution in [0.3, 0.4) is 0 Å². The van der Waals surface area contributed by atoms with Crippen LogP contribution in [-0.2, 0) is 16.4 Å². The van der Waals surface area contributed by atoms with Gasteiger partial charge >= 0.3 is 0 Å². The predicted molar refractivity (Wildman–Crippen MR) is 96.8 cm³/mol. The van der Waals surface area contributed by atoms with Gasteiger partial charge in [-0.1, -0.05) is 49.7 Å². The highest BCUT2D eigenvalue weighted by Gasteiger charge is 2.23. The number of para-hydroxylation sites is 1. The van der Waals surface area contributed by atoms with Crippen molar-refractivity contribution in [3.63, 3.8) is 0 Å². The van der Waals surface area contributed by atoms with Crippen LogP contribution in [0, 0.1) is 12.8 Å². The standard InChI is InChI=1S/C19H25NO3S/c1-14(2)18(13-16-7-5-6-8-19(16)23-4)20-24(21,22)17-11-9-15(3)10-12-17/h5-12,14,18,20H,13H2,1-4H3. The molecule has 4 nitrogen and oxygen atoms in total. The van der Waals surface area contributed by atoms with Crippen LogP contribution < -0.4 is 9.46 Å². The van der Waals surface area contributed by atoms with Crippen LogP contribution in [-0.4, -0.2) is 21.6 Å². The van der Waals surface area contributed by atoms with Crippen molar-refractivity contribution < 1.29 is 13.2 Å². The molecule has 0 bridgehead atoms. The molecule has 0 radical (unpaired) electrons. The summed E-state index contributed by atoms with van der Waals surface area (Å²) in [6.45, 7) is 5.96. The molecule has 1 atom stereocenters. The summed E-state index contributed by atoms with van der Waals surface area (Å²) < 4.78 is 33.5. The Morgan fingerprint density at radius 3 is 2.25 bits per heavy atom. The molecule has 0 amide bonds. The molecule has 130 valence electrons. The van der Waals surface area contributed by atoms with Gasteiger partial charge in [0.2, 0.25) is 10.0 Å². The Morgan fingerprint density at radius 2 is 1.67 bits per heavy atom. The maximum absolute atomic E-state index is 12.7. The lowest BCUT2D eigenvalue weighted by molar-refractivity contribution is 0.398. The van der Waals surface area contributed by atoms with Gasteiger partial charge in [0.15, 0.2) is 0 Å². The van der Waals surface area contributed by atoms with E-state index in [9.17, 15) is 8.42 Å². The van der Waals surface area contributed by atoms with Gasteiger partial charge in [-0.2, -0.15) is 0 Å². The van der Waals surface area contributed by atoms with Gasteiger partial charge < -0.3 is 4.74 Å². The quantitative estimate of drug-likeness (QED) is 0.833. The number of aryl methyl sites for hydroxylation is 1. The van der Waals surface area contributed by atoms with Crippen LogP contribution in [0.1, 0.15) is 25.0 Å². The second kappa shape index (κ2) is 7.81. The van der Waals surface area contributed by atoms with Crippen molar-refractivity contribution in [3.05, 3.63) is 59.7 Å². The van der Waals surface area contributed by atoms with E-state index in [2.05, 4.69) is 4.72 Å². The Hall–Kier alpha value is -1.85. The molecule has 0 saturated carbocycles. The van der Waals surface area contributed by atoms with Crippen molar-refractivity contribution in [1.82, 2.24) is 4.72 Å². The third-order valence-electron chi connectivity index (χ3n) is 4.07. The topological polar surface area (TPSA) is 55.4 Å². The van der Waals surface area contributed by atoms with Gasteiger partial charge in [0, 0.05) is 6.04 Å². The number of sulfonamides is 1. The first-order valence-corrected chi connectivity index (χ1v) is 9.52. The lowest BCUT2D eigenvalue weighted by Gasteiger charge is -2.23. The number of rotatable bonds is 7. The third kappa shape index (κ3) is 4.58. The summed E-state index contributed by atoms with van der Waals surface area (Å²) in [4.78, 5) is 0.291. The van der Waals surface area contributed by atoms with E-state index in [1.165, 1.54) is 0 Å². The van der Waals surface area contributed by atoms with Gasteiger partial charge in [0.25, 0.3) is 0 Å². The summed E-state index contributed by atoms with van der Waals surface area (Å²) in [5, 5.41) is 0. The van der Waals surface area contributed by atoms with Crippen LogP contribution in [0.15, 0.2) is 53.4 Å². The van der Waals surface area contributed by atoms with Gasteiger partial charge in [-0.05, 0) is 43.0 Å². The van der Waals surface area contributed by atoms with E-state index in [1.54, 1.807) is 31.4 Å². The fourth-order valence-electron chi connectivity index (χ4n) is 2.51. The second-order valence-corrected chi connectivity index (χ2v) is 8.01. The van der Waals surface area contributed by atoms with Gasteiger partial charge in [-0.15, -0.1) is 0 Å². The van der Waals surface area contributed by atoms with Crippen molar-refractivity contribution >= 4 is 10.0 Å². The molecule has 5 heteroatoms. The first kappa shape index (κ1) is 18.5. The number of hydrogen-bond acceptors (Lipinski definition) is 3. The molecule has 2 rings (SSSR count). The van der Waals surface area contributed by atoms with E-state index in [4.69, 9.17) is 4.74 Å². The van der Waals surface area contributed by atoms with E-state index >= 15 is 0 Å². The van der Waals surface area contributed by atoms with E-state index in [-0.39, 0.29) is 12.0 Å². The normalized spacial score (nSPS) is 13.0. The molecule has 1 unspecified atom stereocenters. The van der Waals surface area contributed by atoms with Crippen LogP contribution in [0.25, 0.3) is 0 Å². The molecule has 2 aromatic carbocycles. The van der Waals surface area contributed by atoms with E-state index < -0.39 is 10.0 Å². The van der Waals surface area contributed by atoms with Gasteiger partial charge in [0.05, 0.1) is 12.0 Å². The van der Waals surface area contributed by atoms with Crippen LogP contribution in [0.2, 0.25) is 0 Å². The maximum atomic E-state index is 12.7. The average molecular weight is 347 g/mol. The number of ether oxygens (including phenoxy) is 1. The molecule has 0 heterocycles. The molecule has 0 aliphatic carbocycles. The van der Waals surface area contributed by atoms with Crippen molar-refractivity contribution in [2.75, 3.05) is 7.11 Å². The molecular formula is C19H25NO3S. The molecule has 0 saturated heterocycles. The molecule has 0 aliphatic rings. The van der Waals surface area contributed by atoms with Crippen molar-refractivity contribution in [1.29, 1.82) is 0 Å². The Balaban J connectivity index is 2.23. The summed E-state index contributed by atoms with van der Waals surface area (Å²) in [7, 11) is -1.93. The monoisotopic (exact) mass is 347 g/mol. The minimum atomic E-state index is -3.55. The molecule has 0 spiro atoms. The van der Waals surface area contributed by atoms with E-state index in [0.717, 1.165) is 16.9 Å². The molecular weight excluding hydrogens is 322 g/mol. The van der Waals surface area contributed by atoms with Gasteiger partial charge in [0.1, 0.15) is 5.75 Å². The molecule has 24 heavy (non-hydrogen) atoms. The largest absolute Gasteiger partial charge is 0.496 e. The number of nitrogens with one attached hydrogen (secondary N) is 1. The summed E-state index contributed by atoms with van der Waals surface area (Å²) in [5.41, 5.74) is 2.02. The summed E-state index contributed by atoms with van der Waals surface area (Å²) in [6.07, 6.45) is 0.576. The second-order valence-electron chi connectivity index (χ2n) is 6.30. The molecule has 1 N–H and O–H groups in total. The smallest absolute Gasteiger partial charge is 0.240 e. The fraction of sp³-hybridized carbons (Fsp3) is 0.368. The van der Waals surface area contributed by atoms with Gasteiger partial charge in [-0.25, -0.2) is 13.1 Å². The lowest BCUT2D eigenvalue weighted by Crippen LogP contribution is -2.40. The first-order chi connectivity index (χ1) is 11.3. The molecule has 2 aromatic rings. The Labute approximate surface area is 144 Å². The zero-order valence-corrected chi connectivity index (χ0v) is 15.4. The first-order valence-electron chi connectivity index (χ1n) is 8.04. The summed E-state index contributed by atoms with van der Waals surface area (Å²) in [6, 6.07) is 14.4. The van der Waals surface area contributed by atoms with Crippen molar-refractivity contribution in [2.45, 2.75) is 38.1 Å². The highest BCUT2D eigenvalue weighted by atomic mass is 32.2. The maximum Gasteiger partial charge on any atom is 0.240 e. The third-order valence-corrected chi connectivity index (χ3v) is 5.58. The summed E-state index contributed by atoms with van der Waals surface area (Å²) in [5.74, 6) is 0.924. The minimum Gasteiger partial charge on any atom is -0.496 e. The summed E-state index contributed by atoms with van der Waals surface area (Å²) >= 11 is 0. The number of benzene rings is 2. The highest BCUT2D eigenvalue weighted by molar-refractivity contribution is 7.89. The lowest BCUT2D eigenvalue weighted by atomic mass is 9.97. The minimum absolute atomic E-state index is 0.148. The Morgan fingerprint density at radius 1 is 1.04 bits per heavy atom. The Kier molecular flexibility index (Phi) is 6.02. The van der Waals surface area contributed by atoms with E-state index in [0.29, 0.717) is 11.3 Å². The Bertz CT molecular complexity index is 767. The molecule has 0 fully saturated rings. The fourth-order valence-corrected chi connectivity index (χ4v) is 3.89. The van der Waals surface area contributed by atoms with Crippen LogP contribution in [0.5, 0.6) is 5.75 Å². The predicted octanol–water partition coefficient (Wildman–Crippen LogP) is 3.55. The SMILES string of the molecule is COc1ccccc1CC(NS(=O)(=O)c1ccc(C)cc1)C(C)C. The van der Waals surface area contributed by atoms with Crippen molar-refractivity contribution in [2.24, 2.45) is 5.92 Å². The highest BCUT2D eigenvalue weighted by Crippen LogP contribution is 2.22. The average Bonchev–Trinajstić information content (AvgIpc) is 2.55. The number of hydrogen-bond donors (Lipinski definition) is 1. The van der Waals surface area contributed by atoms with Gasteiger partial charge in [-0.3, -0.25) is 0 Å². The van der Waals surface area contributed by atoms with Crippen LogP contribution in [0.4, 0.5) is 0 Å². The van der Waals surface area contributed by atoms with Crippen LogP contribution >= 0.6 is 0 Å². The zero-order valence-electron chi connectivity index (χ0n) is 14.6. The van der Waals surface area contributed by atoms with Crippen molar-refractivity contribution in [3.8, 4) is 5.75 Å². The zero-order chi connectivity index (χ0) is 17.7. The van der Waals surface area contributed by atoms with E-state index in [1.807, 2.05) is 45.0 Å². The molecule has 0 aliphatic heterocycles. The molecule has 0 aromatic heterocycles.